The van der Waals surface area contributed by atoms with E-state index in [1.807, 2.05) is 6.92 Å². The fourth-order valence-corrected chi connectivity index (χ4v) is 5.66. The number of halogens is 3. The summed E-state index contributed by atoms with van der Waals surface area (Å²) < 4.78 is 53.6. The van der Waals surface area contributed by atoms with Crippen LogP contribution < -0.4 is 14.4 Å². The molecule has 0 saturated heterocycles. The van der Waals surface area contributed by atoms with Crippen LogP contribution in [-0.4, -0.2) is 23.5 Å². The predicted molar refractivity (Wildman–Crippen MR) is 144 cm³/mol. The Balaban J connectivity index is 1.66. The van der Waals surface area contributed by atoms with Gasteiger partial charge in [0.2, 0.25) is 6.79 Å². The third-order valence-electron chi connectivity index (χ3n) is 7.52. The Bertz CT molecular complexity index is 1610. The van der Waals surface area contributed by atoms with Crippen LogP contribution in [0.4, 0.5) is 18.9 Å². The van der Waals surface area contributed by atoms with Crippen molar-refractivity contribution >= 4 is 23.1 Å². The minimum Gasteiger partial charge on any atom is -0.507 e. The lowest BCUT2D eigenvalue weighted by atomic mass is 9.73. The number of para-hydroxylation sites is 1. The minimum atomic E-state index is -4.70. The zero-order chi connectivity index (χ0) is 28.2. The maximum Gasteiger partial charge on any atom is 0.418 e. The van der Waals surface area contributed by atoms with E-state index in [2.05, 4.69) is 0 Å². The average molecular weight is 547 g/mol. The second kappa shape index (κ2) is 9.59. The summed E-state index contributed by atoms with van der Waals surface area (Å²) in [7, 11) is 0. The molecule has 0 amide bonds. The number of rotatable bonds is 3. The van der Waals surface area contributed by atoms with Crippen LogP contribution in [0.1, 0.15) is 47.4 Å². The Morgan fingerprint density at radius 2 is 1.73 bits per heavy atom. The highest BCUT2D eigenvalue weighted by Crippen LogP contribution is 2.50. The Morgan fingerprint density at radius 3 is 2.48 bits per heavy atom. The van der Waals surface area contributed by atoms with Crippen molar-refractivity contribution in [3.05, 3.63) is 106 Å². The lowest BCUT2D eigenvalue weighted by Crippen LogP contribution is -2.43. The van der Waals surface area contributed by atoms with Gasteiger partial charge in [-0.05, 0) is 49.6 Å². The fourth-order valence-electron chi connectivity index (χ4n) is 5.66. The molecule has 1 atom stereocenters. The number of aryl methyl sites for hydroxylation is 1. The summed E-state index contributed by atoms with van der Waals surface area (Å²) in [5.41, 5.74) is 1.34. The van der Waals surface area contributed by atoms with Gasteiger partial charge in [0.25, 0.3) is 0 Å². The quantitative estimate of drug-likeness (QED) is 0.337. The maximum atomic E-state index is 14.2. The molecule has 0 spiro atoms. The maximum absolute atomic E-state index is 14.2. The number of anilines is 1. The van der Waals surface area contributed by atoms with E-state index in [1.54, 1.807) is 42.5 Å². The monoisotopic (exact) mass is 546 g/mol. The zero-order valence-electron chi connectivity index (χ0n) is 21.5. The standard InChI is InChI=1S/C31H25F3N2O4/c1-17-9-11-18(12-10-17)29(38)28-26(19-13-14-24-25(15-19)40-16-39-24)27-22(7-4-8-23(27)37)36(30(28)35)21-6-3-2-5-20(21)31(32,33)34/h2-3,5-6,9-15,26,35,38H,4,7-8,16H2,1H3. The summed E-state index contributed by atoms with van der Waals surface area (Å²) in [6.07, 6.45) is -3.75. The summed E-state index contributed by atoms with van der Waals surface area (Å²) in [6, 6.07) is 17.1. The molecular weight excluding hydrogens is 521 g/mol. The topological polar surface area (TPSA) is 82.9 Å². The van der Waals surface area contributed by atoms with Crippen molar-refractivity contribution < 1.29 is 32.5 Å². The van der Waals surface area contributed by atoms with E-state index in [9.17, 15) is 28.5 Å². The van der Waals surface area contributed by atoms with Gasteiger partial charge in [-0.15, -0.1) is 0 Å². The van der Waals surface area contributed by atoms with Gasteiger partial charge in [0.1, 0.15) is 11.6 Å². The van der Waals surface area contributed by atoms with Crippen molar-refractivity contribution in [1.29, 1.82) is 5.41 Å². The molecule has 0 aromatic heterocycles. The van der Waals surface area contributed by atoms with E-state index in [0.29, 0.717) is 41.2 Å². The van der Waals surface area contributed by atoms with Crippen molar-refractivity contribution in [2.45, 2.75) is 38.3 Å². The number of Topliss-reactive ketones (excluding diaryl/α,β-unsaturated/α-hetero) is 1. The number of nitrogens with zero attached hydrogens (tertiary/aromatic N) is 1. The SMILES string of the molecule is Cc1ccc(C(O)=C2C(=N)N(c3ccccc3C(F)(F)F)C3=C(C(=O)CCC3)C2c2ccc3c(c2)OCO3)cc1. The third kappa shape index (κ3) is 4.22. The van der Waals surface area contributed by atoms with Gasteiger partial charge >= 0.3 is 6.18 Å². The van der Waals surface area contributed by atoms with E-state index in [4.69, 9.17) is 9.47 Å². The van der Waals surface area contributed by atoms with Crippen molar-refractivity contribution in [2.75, 3.05) is 11.7 Å². The van der Waals surface area contributed by atoms with Crippen LogP contribution in [0, 0.1) is 12.3 Å². The van der Waals surface area contributed by atoms with Gasteiger partial charge in [-0.1, -0.05) is 48.0 Å². The van der Waals surface area contributed by atoms with Crippen LogP contribution in [0.15, 0.2) is 83.6 Å². The van der Waals surface area contributed by atoms with E-state index in [1.165, 1.54) is 23.1 Å². The molecule has 204 valence electrons. The molecule has 0 bridgehead atoms. The molecule has 0 fully saturated rings. The van der Waals surface area contributed by atoms with Crippen LogP contribution in [0.2, 0.25) is 0 Å². The first kappa shape index (κ1) is 25.7. The number of ketones is 1. The number of aliphatic hydroxyl groups excluding tert-OH is 1. The molecule has 40 heavy (non-hydrogen) atoms. The minimum absolute atomic E-state index is 0.0332. The van der Waals surface area contributed by atoms with Crippen LogP contribution in [0.5, 0.6) is 11.5 Å². The number of carbonyl (C=O) groups is 1. The van der Waals surface area contributed by atoms with Gasteiger partial charge in [-0.25, -0.2) is 0 Å². The summed E-state index contributed by atoms with van der Waals surface area (Å²) in [6.45, 7) is 1.92. The summed E-state index contributed by atoms with van der Waals surface area (Å²) >= 11 is 0. The number of fused-ring (bicyclic) bond motifs is 1. The number of benzene rings is 3. The number of nitrogens with one attached hydrogen (secondary N) is 1. The van der Waals surface area contributed by atoms with Crippen LogP contribution >= 0.6 is 0 Å². The van der Waals surface area contributed by atoms with Gasteiger partial charge in [0.15, 0.2) is 17.3 Å². The van der Waals surface area contributed by atoms with Crippen LogP contribution in [0.3, 0.4) is 0 Å². The van der Waals surface area contributed by atoms with Gasteiger partial charge in [-0.2, -0.15) is 13.2 Å². The number of alkyl halides is 3. The molecule has 0 radical (unpaired) electrons. The Hall–Kier alpha value is -4.53. The van der Waals surface area contributed by atoms with Crippen LogP contribution in [-0.2, 0) is 11.0 Å². The molecule has 1 aliphatic carbocycles. The highest BCUT2D eigenvalue weighted by atomic mass is 19.4. The van der Waals surface area contributed by atoms with Gasteiger partial charge in [-0.3, -0.25) is 15.1 Å². The summed E-state index contributed by atoms with van der Waals surface area (Å²) in [4.78, 5) is 14.8. The Labute approximate surface area is 228 Å². The molecule has 3 aromatic rings. The number of aliphatic hydroxyl groups is 1. The van der Waals surface area contributed by atoms with E-state index in [0.717, 1.165) is 11.6 Å². The van der Waals surface area contributed by atoms with Crippen molar-refractivity contribution in [3.63, 3.8) is 0 Å². The largest absolute Gasteiger partial charge is 0.507 e. The Kier molecular flexibility index (Phi) is 6.17. The lowest BCUT2D eigenvalue weighted by molar-refractivity contribution is -0.137. The molecule has 2 N–H and O–H groups in total. The van der Waals surface area contributed by atoms with E-state index in [-0.39, 0.29) is 47.4 Å². The highest BCUT2D eigenvalue weighted by molar-refractivity contribution is 6.20. The molecule has 9 heteroatoms. The second-order valence-electron chi connectivity index (χ2n) is 10.0. The molecular formula is C31H25F3N2O4. The number of hydrogen-bond donors (Lipinski definition) is 2. The molecule has 2 aliphatic heterocycles. The summed E-state index contributed by atoms with van der Waals surface area (Å²) in [5, 5.41) is 21.0. The number of ether oxygens (including phenoxy) is 2. The zero-order valence-corrected chi connectivity index (χ0v) is 21.5. The molecule has 2 heterocycles. The smallest absolute Gasteiger partial charge is 0.418 e. The first-order chi connectivity index (χ1) is 19.1. The van der Waals surface area contributed by atoms with Gasteiger partial charge < -0.3 is 14.6 Å². The highest BCUT2D eigenvalue weighted by Gasteiger charge is 2.45. The predicted octanol–water partition coefficient (Wildman–Crippen LogP) is 7.30. The molecule has 6 nitrogen and oxygen atoms in total. The number of allylic oxidation sites excluding steroid dienone is 2. The third-order valence-corrected chi connectivity index (χ3v) is 7.52. The van der Waals surface area contributed by atoms with Crippen molar-refractivity contribution in [2.24, 2.45) is 0 Å². The number of amidine groups is 1. The van der Waals surface area contributed by atoms with Crippen molar-refractivity contribution in [1.82, 2.24) is 0 Å². The van der Waals surface area contributed by atoms with Gasteiger partial charge in [0.05, 0.1) is 11.3 Å². The molecule has 3 aromatic carbocycles. The second-order valence-corrected chi connectivity index (χ2v) is 10.0. The van der Waals surface area contributed by atoms with E-state index < -0.39 is 17.7 Å². The molecule has 6 rings (SSSR count). The molecule has 1 unspecified atom stereocenters. The van der Waals surface area contributed by atoms with Crippen molar-refractivity contribution in [3.8, 4) is 11.5 Å². The lowest BCUT2D eigenvalue weighted by Gasteiger charge is -2.42. The average Bonchev–Trinajstić information content (AvgIpc) is 3.40. The number of hydrogen-bond acceptors (Lipinski definition) is 5. The first-order valence-electron chi connectivity index (χ1n) is 12.9. The van der Waals surface area contributed by atoms with Crippen LogP contribution in [0.25, 0.3) is 5.76 Å². The van der Waals surface area contributed by atoms with Gasteiger partial charge in [0, 0.05) is 34.7 Å². The Morgan fingerprint density at radius 1 is 1.00 bits per heavy atom. The first-order valence-corrected chi connectivity index (χ1v) is 12.9. The molecule has 0 saturated carbocycles. The fraction of sp³-hybridized carbons (Fsp3) is 0.226. The summed E-state index contributed by atoms with van der Waals surface area (Å²) in [5.74, 6) is -0.778. The number of carbonyl (C=O) groups excluding carboxylic acids is 1. The molecule has 3 aliphatic rings. The van der Waals surface area contributed by atoms with E-state index >= 15 is 0 Å². The normalized spacial score (nSPS) is 20.1.